The summed E-state index contributed by atoms with van der Waals surface area (Å²) in [6, 6.07) is 55.7. The van der Waals surface area contributed by atoms with Crippen molar-refractivity contribution < 1.29 is 19.3 Å². The van der Waals surface area contributed by atoms with Crippen molar-refractivity contribution in [2.75, 3.05) is 19.8 Å². The molecule has 9 rings (SSSR count). The molecule has 298 valence electrons. The van der Waals surface area contributed by atoms with E-state index in [2.05, 4.69) is 101 Å². The molecule has 0 saturated heterocycles. The van der Waals surface area contributed by atoms with Crippen molar-refractivity contribution in [3.63, 3.8) is 0 Å². The first-order valence-corrected chi connectivity index (χ1v) is 19.5. The quantitative estimate of drug-likeness (QED) is 0.0797. The summed E-state index contributed by atoms with van der Waals surface area (Å²) in [6.07, 6.45) is 2.06. The maximum Gasteiger partial charge on any atom is 0.125 e. The van der Waals surface area contributed by atoms with Crippen LogP contribution in [0.5, 0.6) is 17.2 Å². The largest absolute Gasteiger partial charge is 0.493 e. The Morgan fingerprint density at radius 2 is 0.877 bits per heavy atom. The molecule has 0 spiro atoms. The molecule has 0 bridgehead atoms. The van der Waals surface area contributed by atoms with Gasteiger partial charge >= 0.3 is 0 Å². The Labute approximate surface area is 340 Å². The van der Waals surface area contributed by atoms with Crippen molar-refractivity contribution in [3.8, 4) is 17.2 Å². The van der Waals surface area contributed by atoms with E-state index in [1.165, 1.54) is 15.9 Å². The molecule has 6 aromatic rings. The number of hydrogen-bond donors (Lipinski definition) is 2. The topological polar surface area (TPSA) is 123 Å². The van der Waals surface area contributed by atoms with Gasteiger partial charge in [0.05, 0.1) is 32.0 Å². The van der Waals surface area contributed by atoms with Crippen LogP contribution in [-0.4, -0.2) is 24.9 Å². The highest BCUT2D eigenvalue weighted by Crippen LogP contribution is 2.35. The Hall–Kier alpha value is -5.62. The Balaban J connectivity index is 0.000000205. The molecule has 3 aliphatic rings. The van der Waals surface area contributed by atoms with E-state index in [4.69, 9.17) is 25.5 Å². The van der Waals surface area contributed by atoms with Crippen molar-refractivity contribution in [3.05, 3.63) is 191 Å². The van der Waals surface area contributed by atoms with Gasteiger partial charge in [-0.25, -0.2) is 0 Å². The number of aliphatic hydroxyl groups excluding tert-OH is 1. The normalized spacial score (nSPS) is 16.5. The molecule has 6 aromatic carbocycles. The number of ether oxygens (including phenoxy) is 3. The van der Waals surface area contributed by atoms with E-state index >= 15 is 0 Å². The molecule has 3 unspecified atom stereocenters. The van der Waals surface area contributed by atoms with Crippen LogP contribution in [0.4, 0.5) is 0 Å². The molecular formula is C48H57N4O4P. The second-order valence-corrected chi connectivity index (χ2v) is 14.9. The molecule has 0 aromatic heterocycles. The fourth-order valence-corrected chi connectivity index (χ4v) is 8.68. The Morgan fingerprint density at radius 3 is 1.33 bits per heavy atom. The fourth-order valence-electron chi connectivity index (χ4n) is 6.38. The van der Waals surface area contributed by atoms with Crippen LogP contribution in [0, 0.1) is 0 Å². The molecule has 0 fully saturated rings. The average Bonchev–Trinajstić information content (AvgIpc) is 3.24. The van der Waals surface area contributed by atoms with Gasteiger partial charge in [0.1, 0.15) is 17.2 Å². The summed E-state index contributed by atoms with van der Waals surface area (Å²) < 4.78 is 16.2. The van der Waals surface area contributed by atoms with Crippen LogP contribution in [0.25, 0.3) is 10.4 Å². The summed E-state index contributed by atoms with van der Waals surface area (Å²) in [4.78, 5) is 2.83. The van der Waals surface area contributed by atoms with Crippen LogP contribution in [0.15, 0.2) is 169 Å². The van der Waals surface area contributed by atoms with E-state index < -0.39 is 7.92 Å². The predicted octanol–water partition coefficient (Wildman–Crippen LogP) is 11.1. The first-order chi connectivity index (χ1) is 26.6. The van der Waals surface area contributed by atoms with Gasteiger partial charge in [-0.15, -0.1) is 0 Å². The van der Waals surface area contributed by atoms with Crippen LogP contribution in [-0.2, 0) is 0 Å². The fraction of sp³-hybridized carbons (Fsp3) is 0.250. The van der Waals surface area contributed by atoms with E-state index in [0.717, 1.165) is 53.4 Å². The van der Waals surface area contributed by atoms with Crippen LogP contribution in [0.2, 0.25) is 0 Å². The third kappa shape index (κ3) is 12.7. The number of fused-ring (bicyclic) bond motifs is 3. The molecular weight excluding hydrogens is 728 g/mol. The number of rotatable bonds is 4. The number of nitrogens with two attached hydrogens (primary N) is 1. The van der Waals surface area contributed by atoms with Crippen LogP contribution < -0.4 is 35.9 Å². The van der Waals surface area contributed by atoms with Crippen molar-refractivity contribution in [1.29, 1.82) is 0 Å². The molecule has 0 amide bonds. The van der Waals surface area contributed by atoms with Gasteiger partial charge in [-0.05, 0) is 54.0 Å². The summed E-state index contributed by atoms with van der Waals surface area (Å²) in [5, 5.41) is 17.4. The molecule has 0 aliphatic carbocycles. The predicted molar refractivity (Wildman–Crippen MR) is 239 cm³/mol. The standard InChI is InChI=1S/C18H15P.C9H9N3O.C9H11NO.C9H10O2.3CH4/c1-4-10-16(11-5-1)19(17-12-6-2-7-13-17)18-14-8-3-9-15-18;10-12-11-8-5-6-13-9-4-2-1-3-7(8)9;2*10-8-5-6-11-9-4-2-1-3-7(8)9;;;/h1-15H;1-4,8H,5-6H2;1-4,8H,5-6,10H2;1-4,8,10H,5-6H2;3*1H4. The lowest BCUT2D eigenvalue weighted by molar-refractivity contribution is 0.115. The van der Waals surface area contributed by atoms with Gasteiger partial charge in [-0.1, -0.05) is 173 Å². The van der Waals surface area contributed by atoms with Crippen molar-refractivity contribution >= 4 is 23.8 Å². The molecule has 9 heteroatoms. The number of benzene rings is 6. The summed E-state index contributed by atoms with van der Waals surface area (Å²) in [5.74, 6) is 2.61. The highest BCUT2D eigenvalue weighted by atomic mass is 31.1. The number of para-hydroxylation sites is 3. The Morgan fingerprint density at radius 1 is 0.509 bits per heavy atom. The molecule has 0 saturated carbocycles. The van der Waals surface area contributed by atoms with E-state index in [0.29, 0.717) is 19.6 Å². The van der Waals surface area contributed by atoms with E-state index in [1.54, 1.807) is 0 Å². The SMILES string of the molecule is C.C.C.NC1CCOc2ccccc21.OC1CCOc2ccccc21.[N-]=[N+]=NC1CCOc2ccccc21.c1ccc(P(c2ccccc2)c2ccccc2)cc1. The van der Waals surface area contributed by atoms with E-state index in [-0.39, 0.29) is 40.5 Å². The maximum absolute atomic E-state index is 9.48. The lowest BCUT2D eigenvalue weighted by atomic mass is 10.0. The van der Waals surface area contributed by atoms with Gasteiger partial charge < -0.3 is 25.1 Å². The molecule has 3 aliphatic heterocycles. The van der Waals surface area contributed by atoms with Gasteiger partial charge in [-0.3, -0.25) is 0 Å². The lowest BCUT2D eigenvalue weighted by Gasteiger charge is -2.22. The number of azide groups is 1. The third-order valence-corrected chi connectivity index (χ3v) is 11.5. The Kier molecular flexibility index (Phi) is 19.4. The minimum Gasteiger partial charge on any atom is -0.493 e. The second kappa shape index (κ2) is 24.1. The Bertz CT molecular complexity index is 1930. The van der Waals surface area contributed by atoms with Gasteiger partial charge in [0, 0.05) is 40.5 Å². The highest BCUT2D eigenvalue weighted by molar-refractivity contribution is 7.79. The van der Waals surface area contributed by atoms with Crippen molar-refractivity contribution in [2.45, 2.75) is 59.7 Å². The average molecular weight is 785 g/mol. The summed E-state index contributed by atoms with van der Waals surface area (Å²) in [6.45, 7) is 2.00. The molecule has 57 heavy (non-hydrogen) atoms. The van der Waals surface area contributed by atoms with Crippen molar-refractivity contribution in [1.82, 2.24) is 0 Å². The monoisotopic (exact) mass is 784 g/mol. The van der Waals surface area contributed by atoms with Gasteiger partial charge in [0.25, 0.3) is 0 Å². The molecule has 3 heterocycles. The highest BCUT2D eigenvalue weighted by Gasteiger charge is 2.20. The second-order valence-electron chi connectivity index (χ2n) is 12.7. The van der Waals surface area contributed by atoms with Crippen LogP contribution >= 0.6 is 7.92 Å². The van der Waals surface area contributed by atoms with Crippen LogP contribution in [0.3, 0.4) is 0 Å². The summed E-state index contributed by atoms with van der Waals surface area (Å²) in [7, 11) is -0.446. The van der Waals surface area contributed by atoms with Crippen molar-refractivity contribution in [2.24, 2.45) is 10.8 Å². The van der Waals surface area contributed by atoms with E-state index in [1.807, 2.05) is 72.8 Å². The summed E-state index contributed by atoms with van der Waals surface area (Å²) >= 11 is 0. The first-order valence-electron chi connectivity index (χ1n) is 18.2. The molecule has 3 N–H and O–H groups in total. The minimum atomic E-state index is -0.446. The number of hydrogen-bond acceptors (Lipinski definition) is 6. The molecule has 3 atom stereocenters. The summed E-state index contributed by atoms with van der Waals surface area (Å²) in [5.41, 5.74) is 17.3. The molecule has 0 radical (unpaired) electrons. The third-order valence-electron chi connectivity index (χ3n) is 9.09. The van der Waals surface area contributed by atoms with Gasteiger partial charge in [0.15, 0.2) is 0 Å². The molecule has 8 nitrogen and oxygen atoms in total. The zero-order valence-electron chi connectivity index (χ0n) is 30.1. The zero-order valence-corrected chi connectivity index (χ0v) is 31.0. The van der Waals surface area contributed by atoms with Crippen LogP contribution in [0.1, 0.15) is 76.4 Å². The van der Waals surface area contributed by atoms with E-state index in [9.17, 15) is 5.11 Å². The number of aliphatic hydroxyl groups is 1. The number of nitrogens with zero attached hydrogens (tertiary/aromatic N) is 3. The van der Waals surface area contributed by atoms with Gasteiger partial charge in [0.2, 0.25) is 0 Å². The lowest BCUT2D eigenvalue weighted by Crippen LogP contribution is -2.20. The minimum absolute atomic E-state index is 0. The first kappa shape index (κ1) is 45.8. The maximum atomic E-state index is 9.48. The van der Waals surface area contributed by atoms with Gasteiger partial charge in [-0.2, -0.15) is 0 Å². The zero-order chi connectivity index (χ0) is 37.4. The smallest absolute Gasteiger partial charge is 0.125 e.